The Labute approximate surface area is 93.4 Å². The molecule has 0 spiro atoms. The molecule has 0 aliphatic heterocycles. The molecule has 0 unspecified atom stereocenters. The van der Waals surface area contributed by atoms with Gasteiger partial charge in [-0.2, -0.15) is 0 Å². The van der Waals surface area contributed by atoms with E-state index in [-0.39, 0.29) is 12.4 Å². The van der Waals surface area contributed by atoms with Gasteiger partial charge in [-0.25, -0.2) is 9.18 Å². The van der Waals surface area contributed by atoms with Crippen molar-refractivity contribution in [2.45, 2.75) is 6.54 Å². The molecule has 4 nitrogen and oxygen atoms in total. The van der Waals surface area contributed by atoms with E-state index >= 15 is 0 Å². The van der Waals surface area contributed by atoms with E-state index in [1.165, 1.54) is 25.3 Å². The van der Waals surface area contributed by atoms with Gasteiger partial charge in [-0.1, -0.05) is 0 Å². The summed E-state index contributed by atoms with van der Waals surface area (Å²) in [5.41, 5.74) is 0.659. The molecule has 5 heteroatoms. The lowest BCUT2D eigenvalue weighted by Gasteiger charge is -2.10. The fraction of sp³-hybridized carbons (Fsp3) is 0.364. The summed E-state index contributed by atoms with van der Waals surface area (Å²) < 4.78 is 22.6. The van der Waals surface area contributed by atoms with Gasteiger partial charge in [0.1, 0.15) is 11.6 Å². The molecule has 0 fully saturated rings. The largest absolute Gasteiger partial charge is 0.482 e. The van der Waals surface area contributed by atoms with Crippen molar-refractivity contribution in [3.05, 3.63) is 29.6 Å². The van der Waals surface area contributed by atoms with E-state index in [0.29, 0.717) is 17.9 Å². The van der Waals surface area contributed by atoms with Gasteiger partial charge < -0.3 is 14.8 Å². The van der Waals surface area contributed by atoms with Crippen LogP contribution in [0.2, 0.25) is 0 Å². The fourth-order valence-corrected chi connectivity index (χ4v) is 1.21. The maximum atomic E-state index is 13.0. The monoisotopic (exact) mass is 227 g/mol. The van der Waals surface area contributed by atoms with Crippen molar-refractivity contribution >= 4 is 5.97 Å². The van der Waals surface area contributed by atoms with Gasteiger partial charge in [-0.15, -0.1) is 0 Å². The van der Waals surface area contributed by atoms with E-state index in [9.17, 15) is 9.18 Å². The quantitative estimate of drug-likeness (QED) is 0.765. The standard InChI is InChI=1S/C11H14FNO3/c1-13-6-8-5-9(12)3-4-10(8)16-7-11(14)15-2/h3-5,13H,6-7H2,1-2H3. The van der Waals surface area contributed by atoms with E-state index in [2.05, 4.69) is 10.1 Å². The molecular formula is C11H14FNO3. The Morgan fingerprint density at radius 1 is 1.50 bits per heavy atom. The number of ether oxygens (including phenoxy) is 2. The zero-order valence-corrected chi connectivity index (χ0v) is 9.25. The van der Waals surface area contributed by atoms with Crippen molar-refractivity contribution in [1.29, 1.82) is 0 Å². The molecule has 1 aromatic carbocycles. The molecule has 0 aliphatic rings. The minimum absolute atomic E-state index is 0.182. The molecule has 0 aromatic heterocycles. The summed E-state index contributed by atoms with van der Waals surface area (Å²) in [6, 6.07) is 4.14. The Bertz CT molecular complexity index is 368. The highest BCUT2D eigenvalue weighted by atomic mass is 19.1. The van der Waals surface area contributed by atoms with Crippen LogP contribution in [0.4, 0.5) is 4.39 Å². The number of benzene rings is 1. The second kappa shape index (κ2) is 6.07. The molecule has 16 heavy (non-hydrogen) atoms. The summed E-state index contributed by atoms with van der Waals surface area (Å²) in [5.74, 6) is -0.337. The lowest BCUT2D eigenvalue weighted by molar-refractivity contribution is -0.142. The van der Waals surface area contributed by atoms with Crippen LogP contribution in [0.1, 0.15) is 5.56 Å². The molecule has 0 amide bonds. The SMILES string of the molecule is CNCc1cc(F)ccc1OCC(=O)OC. The molecule has 0 saturated heterocycles. The molecule has 0 saturated carbocycles. The Morgan fingerprint density at radius 2 is 2.25 bits per heavy atom. The highest BCUT2D eigenvalue weighted by Gasteiger charge is 2.07. The van der Waals surface area contributed by atoms with Gasteiger partial charge in [0.15, 0.2) is 6.61 Å². The predicted molar refractivity (Wildman–Crippen MR) is 56.7 cm³/mol. The summed E-state index contributed by atoms with van der Waals surface area (Å²) in [4.78, 5) is 10.9. The lowest BCUT2D eigenvalue weighted by atomic mass is 10.2. The molecule has 0 radical (unpaired) electrons. The third-order valence-electron chi connectivity index (χ3n) is 1.96. The summed E-state index contributed by atoms with van der Waals surface area (Å²) in [5, 5.41) is 2.89. The highest BCUT2D eigenvalue weighted by Crippen LogP contribution is 2.19. The first-order valence-corrected chi connectivity index (χ1v) is 4.80. The smallest absolute Gasteiger partial charge is 0.343 e. The number of methoxy groups -OCH3 is 1. The summed E-state index contributed by atoms with van der Waals surface area (Å²) >= 11 is 0. The van der Waals surface area contributed by atoms with Gasteiger partial charge in [0.2, 0.25) is 0 Å². The molecule has 0 heterocycles. The minimum Gasteiger partial charge on any atom is -0.482 e. The van der Waals surface area contributed by atoms with E-state index in [1.807, 2.05) is 0 Å². The van der Waals surface area contributed by atoms with E-state index < -0.39 is 5.97 Å². The highest BCUT2D eigenvalue weighted by molar-refractivity contribution is 5.70. The van der Waals surface area contributed by atoms with Crippen LogP contribution in [0, 0.1) is 5.82 Å². The molecule has 88 valence electrons. The Kier molecular flexibility index (Phi) is 4.72. The molecule has 1 aromatic rings. The molecule has 1 rings (SSSR count). The number of rotatable bonds is 5. The van der Waals surface area contributed by atoms with Crippen LogP contribution in [-0.4, -0.2) is 26.7 Å². The van der Waals surface area contributed by atoms with Crippen molar-refractivity contribution in [3.63, 3.8) is 0 Å². The zero-order valence-electron chi connectivity index (χ0n) is 9.25. The number of carbonyl (C=O) groups excluding carboxylic acids is 1. The number of hydrogen-bond donors (Lipinski definition) is 1. The second-order valence-electron chi connectivity index (χ2n) is 3.15. The number of halogens is 1. The minimum atomic E-state index is -0.472. The van der Waals surface area contributed by atoms with E-state index in [0.717, 1.165) is 0 Å². The molecule has 0 bridgehead atoms. The van der Waals surface area contributed by atoms with Gasteiger partial charge in [-0.05, 0) is 25.2 Å². The van der Waals surface area contributed by atoms with Crippen molar-refractivity contribution in [1.82, 2.24) is 5.32 Å². The zero-order chi connectivity index (χ0) is 12.0. The summed E-state index contributed by atoms with van der Waals surface area (Å²) in [6.45, 7) is 0.285. The molecule has 1 N–H and O–H groups in total. The molecular weight excluding hydrogens is 213 g/mol. The van der Waals surface area contributed by atoms with Crippen LogP contribution in [0.3, 0.4) is 0 Å². The Hall–Kier alpha value is -1.62. The van der Waals surface area contributed by atoms with Crippen LogP contribution < -0.4 is 10.1 Å². The average Bonchev–Trinajstić information content (AvgIpc) is 2.28. The maximum Gasteiger partial charge on any atom is 0.343 e. The Morgan fingerprint density at radius 3 is 2.88 bits per heavy atom. The third kappa shape index (κ3) is 3.51. The van der Waals surface area contributed by atoms with Crippen molar-refractivity contribution in [2.24, 2.45) is 0 Å². The Balaban J connectivity index is 2.73. The van der Waals surface area contributed by atoms with Crippen LogP contribution in [0.5, 0.6) is 5.75 Å². The van der Waals surface area contributed by atoms with Crippen molar-refractivity contribution in [2.75, 3.05) is 20.8 Å². The van der Waals surface area contributed by atoms with Gasteiger partial charge >= 0.3 is 5.97 Å². The molecule has 0 atom stereocenters. The first-order valence-electron chi connectivity index (χ1n) is 4.80. The van der Waals surface area contributed by atoms with Crippen molar-refractivity contribution in [3.8, 4) is 5.75 Å². The van der Waals surface area contributed by atoms with Gasteiger partial charge in [0.05, 0.1) is 7.11 Å². The first-order chi connectivity index (χ1) is 7.67. The summed E-state index contributed by atoms with van der Waals surface area (Å²) in [7, 11) is 3.03. The first kappa shape index (κ1) is 12.4. The van der Waals surface area contributed by atoms with E-state index in [1.54, 1.807) is 7.05 Å². The van der Waals surface area contributed by atoms with Crippen LogP contribution >= 0.6 is 0 Å². The second-order valence-corrected chi connectivity index (χ2v) is 3.15. The number of esters is 1. The number of carbonyl (C=O) groups is 1. The normalized spacial score (nSPS) is 9.94. The van der Waals surface area contributed by atoms with Gasteiger partial charge in [0.25, 0.3) is 0 Å². The summed E-state index contributed by atoms with van der Waals surface area (Å²) in [6.07, 6.45) is 0. The van der Waals surface area contributed by atoms with Gasteiger partial charge in [-0.3, -0.25) is 0 Å². The molecule has 0 aliphatic carbocycles. The fourth-order valence-electron chi connectivity index (χ4n) is 1.21. The van der Waals surface area contributed by atoms with E-state index in [4.69, 9.17) is 4.74 Å². The third-order valence-corrected chi connectivity index (χ3v) is 1.96. The number of nitrogens with one attached hydrogen (secondary N) is 1. The van der Waals surface area contributed by atoms with Gasteiger partial charge in [0, 0.05) is 12.1 Å². The average molecular weight is 227 g/mol. The van der Waals surface area contributed by atoms with Crippen LogP contribution in [0.25, 0.3) is 0 Å². The van der Waals surface area contributed by atoms with Crippen LogP contribution in [-0.2, 0) is 16.1 Å². The predicted octanol–water partition coefficient (Wildman–Crippen LogP) is 1.10. The topological polar surface area (TPSA) is 47.6 Å². The van der Waals surface area contributed by atoms with Crippen LogP contribution in [0.15, 0.2) is 18.2 Å². The number of hydrogen-bond acceptors (Lipinski definition) is 4. The maximum absolute atomic E-state index is 13.0. The van der Waals surface area contributed by atoms with Crippen molar-refractivity contribution < 1.29 is 18.7 Å². The lowest BCUT2D eigenvalue weighted by Crippen LogP contribution is -2.14.